The van der Waals surface area contributed by atoms with Crippen LogP contribution in [0.4, 0.5) is 5.69 Å². The van der Waals surface area contributed by atoms with E-state index in [1.165, 1.54) is 12.1 Å². The smallest absolute Gasteiger partial charge is 0.273 e. The van der Waals surface area contributed by atoms with Crippen molar-refractivity contribution in [2.24, 2.45) is 0 Å². The highest BCUT2D eigenvalue weighted by molar-refractivity contribution is 9.10. The topological polar surface area (TPSA) is 81.7 Å². The molecule has 6 nitrogen and oxygen atoms in total. The number of para-hydroxylation sites is 1. The summed E-state index contributed by atoms with van der Waals surface area (Å²) < 4.78 is 0.917. The van der Waals surface area contributed by atoms with Gasteiger partial charge in [-0.25, -0.2) is 5.01 Å². The zero-order valence-electron chi connectivity index (χ0n) is 16.9. The molecule has 1 saturated heterocycles. The van der Waals surface area contributed by atoms with Crippen LogP contribution in [0.5, 0.6) is 5.75 Å². The van der Waals surface area contributed by atoms with Crippen LogP contribution in [0, 0.1) is 0 Å². The van der Waals surface area contributed by atoms with E-state index in [1.807, 2.05) is 24.3 Å². The molecular weight excluding hydrogens is 553 g/mol. The number of nitrogens with zero attached hydrogens (tertiary/aromatic N) is 1. The van der Waals surface area contributed by atoms with Crippen LogP contribution in [0.1, 0.15) is 22.0 Å². The number of carbonyl (C=O) groups is 2. The summed E-state index contributed by atoms with van der Waals surface area (Å²) >= 11 is 22.5. The first-order valence-corrected chi connectivity index (χ1v) is 11.7. The van der Waals surface area contributed by atoms with Crippen molar-refractivity contribution < 1.29 is 14.7 Å². The maximum Gasteiger partial charge on any atom is 0.273 e. The molecule has 1 heterocycles. The molecule has 2 atom stereocenters. The molecule has 1 aliphatic heterocycles. The molecular formula is C23H17BrCl3N3O3. The zero-order valence-corrected chi connectivity index (χ0v) is 20.7. The van der Waals surface area contributed by atoms with Gasteiger partial charge in [-0.05, 0) is 54.1 Å². The number of carbonyl (C=O) groups excluding carboxylic acids is 2. The fourth-order valence-electron chi connectivity index (χ4n) is 3.59. The van der Waals surface area contributed by atoms with Gasteiger partial charge in [0.15, 0.2) is 4.87 Å². The summed E-state index contributed by atoms with van der Waals surface area (Å²) in [7, 11) is 0. The molecule has 33 heavy (non-hydrogen) atoms. The van der Waals surface area contributed by atoms with Gasteiger partial charge in [-0.2, -0.15) is 0 Å². The van der Waals surface area contributed by atoms with Gasteiger partial charge < -0.3 is 10.4 Å². The molecule has 3 aromatic rings. The monoisotopic (exact) mass is 567 g/mol. The molecule has 0 spiro atoms. The number of benzene rings is 3. The zero-order chi connectivity index (χ0) is 23.8. The number of amides is 2. The molecule has 10 heteroatoms. The van der Waals surface area contributed by atoms with E-state index in [0.29, 0.717) is 15.6 Å². The van der Waals surface area contributed by atoms with Crippen molar-refractivity contribution in [3.63, 3.8) is 0 Å². The molecule has 0 bridgehead atoms. The Morgan fingerprint density at radius 1 is 1.06 bits per heavy atom. The standard InChI is InChI=1S/C23H17BrCl3N3O3/c24-14-6-8-15(9-7-14)28-12-23(27)20(13-5-10-17(25)18(26)11-13)30(22(23)33)29-21(32)16-3-1-2-4-19(16)31/h1-11,20,28,31H,12H2,(H,29,32). The minimum absolute atomic E-state index is 0.0262. The van der Waals surface area contributed by atoms with Crippen LogP contribution in [0.15, 0.2) is 71.2 Å². The largest absolute Gasteiger partial charge is 0.507 e. The van der Waals surface area contributed by atoms with Crippen molar-refractivity contribution >= 4 is 68.2 Å². The number of hydrazine groups is 1. The number of halogens is 4. The molecule has 4 rings (SSSR count). The minimum atomic E-state index is -1.41. The fourth-order valence-corrected chi connectivity index (χ4v) is 4.54. The number of rotatable bonds is 6. The highest BCUT2D eigenvalue weighted by atomic mass is 79.9. The number of alkyl halides is 1. The lowest BCUT2D eigenvalue weighted by Gasteiger charge is -2.52. The Hall–Kier alpha value is -2.45. The maximum atomic E-state index is 13.2. The van der Waals surface area contributed by atoms with Crippen LogP contribution in [0.2, 0.25) is 10.0 Å². The van der Waals surface area contributed by atoms with E-state index in [1.54, 1.807) is 30.3 Å². The van der Waals surface area contributed by atoms with Gasteiger partial charge in [0.2, 0.25) is 0 Å². The van der Waals surface area contributed by atoms with Gasteiger partial charge in [-0.1, -0.05) is 57.3 Å². The molecule has 3 N–H and O–H groups in total. The summed E-state index contributed by atoms with van der Waals surface area (Å²) in [6.07, 6.45) is 0. The number of phenolic OH excluding ortho intramolecular Hbond substituents is 1. The summed E-state index contributed by atoms with van der Waals surface area (Å²) in [6, 6.07) is 17.6. The first-order valence-electron chi connectivity index (χ1n) is 9.76. The van der Waals surface area contributed by atoms with Crippen LogP contribution in [0.25, 0.3) is 0 Å². The molecule has 1 fully saturated rings. The van der Waals surface area contributed by atoms with Crippen molar-refractivity contribution in [2.75, 3.05) is 11.9 Å². The highest BCUT2D eigenvalue weighted by Crippen LogP contribution is 2.48. The molecule has 2 unspecified atom stereocenters. The van der Waals surface area contributed by atoms with E-state index in [9.17, 15) is 14.7 Å². The summed E-state index contributed by atoms with van der Waals surface area (Å²) in [5.41, 5.74) is 3.95. The third kappa shape index (κ3) is 4.64. The summed E-state index contributed by atoms with van der Waals surface area (Å²) in [4.78, 5) is 24.5. The van der Waals surface area contributed by atoms with Crippen LogP contribution in [-0.4, -0.2) is 33.3 Å². The van der Waals surface area contributed by atoms with Gasteiger partial charge in [0.1, 0.15) is 11.8 Å². The van der Waals surface area contributed by atoms with Crippen molar-refractivity contribution in [3.8, 4) is 5.75 Å². The Labute approximate surface area is 213 Å². The lowest BCUT2D eigenvalue weighted by molar-refractivity contribution is -0.157. The number of phenols is 1. The number of β-lactam (4-membered cyclic amide) rings is 1. The van der Waals surface area contributed by atoms with Crippen LogP contribution in [-0.2, 0) is 4.79 Å². The van der Waals surface area contributed by atoms with Crippen LogP contribution in [0.3, 0.4) is 0 Å². The van der Waals surface area contributed by atoms with E-state index in [2.05, 4.69) is 26.7 Å². The Morgan fingerprint density at radius 2 is 1.76 bits per heavy atom. The Kier molecular flexibility index (Phi) is 6.77. The second kappa shape index (κ2) is 9.43. The lowest BCUT2D eigenvalue weighted by atomic mass is 9.82. The molecule has 0 aliphatic carbocycles. The van der Waals surface area contributed by atoms with E-state index in [4.69, 9.17) is 34.8 Å². The second-order valence-electron chi connectivity index (χ2n) is 7.43. The second-order valence-corrected chi connectivity index (χ2v) is 9.84. The first-order chi connectivity index (χ1) is 15.7. The van der Waals surface area contributed by atoms with Crippen LogP contribution >= 0.6 is 50.7 Å². The van der Waals surface area contributed by atoms with Gasteiger partial charge >= 0.3 is 0 Å². The SMILES string of the molecule is O=C(NN1C(=O)C(Cl)(CNc2ccc(Br)cc2)C1c1ccc(Cl)c(Cl)c1)c1ccccc1O. The van der Waals surface area contributed by atoms with Crippen molar-refractivity contribution in [1.29, 1.82) is 0 Å². The van der Waals surface area contributed by atoms with Crippen molar-refractivity contribution in [2.45, 2.75) is 10.9 Å². The molecule has 0 saturated carbocycles. The summed E-state index contributed by atoms with van der Waals surface area (Å²) in [5, 5.41) is 15.0. The molecule has 0 radical (unpaired) electrons. The van der Waals surface area contributed by atoms with Crippen LogP contribution < -0.4 is 10.7 Å². The molecule has 170 valence electrons. The first kappa shape index (κ1) is 23.7. The molecule has 2 amide bonds. The number of nitrogens with one attached hydrogen (secondary N) is 2. The maximum absolute atomic E-state index is 13.2. The van der Waals surface area contributed by atoms with Crippen molar-refractivity contribution in [3.05, 3.63) is 92.4 Å². The third-order valence-electron chi connectivity index (χ3n) is 5.29. The summed E-state index contributed by atoms with van der Waals surface area (Å²) in [6.45, 7) is 0.0862. The van der Waals surface area contributed by atoms with Gasteiger partial charge in [0.25, 0.3) is 11.8 Å². The Morgan fingerprint density at radius 3 is 2.42 bits per heavy atom. The predicted molar refractivity (Wildman–Crippen MR) is 133 cm³/mol. The number of hydrogen-bond acceptors (Lipinski definition) is 4. The fraction of sp³-hybridized carbons (Fsp3) is 0.130. The summed E-state index contributed by atoms with van der Waals surface area (Å²) in [5.74, 6) is -1.36. The van der Waals surface area contributed by atoms with Crippen molar-refractivity contribution in [1.82, 2.24) is 10.4 Å². The van der Waals surface area contributed by atoms with Gasteiger partial charge in [0.05, 0.1) is 15.6 Å². The number of hydrogen-bond donors (Lipinski definition) is 3. The highest BCUT2D eigenvalue weighted by Gasteiger charge is 2.61. The lowest BCUT2D eigenvalue weighted by Crippen LogP contribution is -2.72. The number of aromatic hydroxyl groups is 1. The molecule has 3 aromatic carbocycles. The van der Waals surface area contributed by atoms with E-state index in [0.717, 1.165) is 15.2 Å². The van der Waals surface area contributed by atoms with Gasteiger partial charge in [0, 0.05) is 16.7 Å². The molecule has 1 aliphatic rings. The van der Waals surface area contributed by atoms with Gasteiger partial charge in [-0.15, -0.1) is 11.6 Å². The normalized spacial score (nSPS) is 19.7. The molecule has 0 aromatic heterocycles. The Bertz CT molecular complexity index is 1230. The average molecular weight is 570 g/mol. The average Bonchev–Trinajstić information content (AvgIpc) is 2.80. The van der Waals surface area contributed by atoms with Gasteiger partial charge in [-0.3, -0.25) is 15.0 Å². The van der Waals surface area contributed by atoms with E-state index < -0.39 is 22.7 Å². The van der Waals surface area contributed by atoms with E-state index in [-0.39, 0.29) is 17.9 Å². The number of anilines is 1. The minimum Gasteiger partial charge on any atom is -0.507 e. The predicted octanol–water partition coefficient (Wildman–Crippen LogP) is 5.78. The third-order valence-corrected chi connectivity index (χ3v) is 7.06. The Balaban J connectivity index is 1.62. The van der Waals surface area contributed by atoms with E-state index >= 15 is 0 Å². The quantitative estimate of drug-likeness (QED) is 0.260.